The van der Waals surface area contributed by atoms with Crippen LogP contribution in [0.3, 0.4) is 0 Å². The molecule has 0 aliphatic carbocycles. The van der Waals surface area contributed by atoms with E-state index in [2.05, 4.69) is 0 Å². The lowest BCUT2D eigenvalue weighted by atomic mass is 10.2. The number of rotatable bonds is 0. The van der Waals surface area contributed by atoms with Gasteiger partial charge in [0.05, 0.1) is 6.61 Å². The third kappa shape index (κ3) is 2.78. The van der Waals surface area contributed by atoms with Crippen molar-refractivity contribution in [2.24, 2.45) is 0 Å². The number of hydrogen-bond acceptors (Lipinski definition) is 2. The molecule has 0 saturated carbocycles. The largest absolute Gasteiger partial charge is 0.449 e. The fraction of sp³-hybridized carbons (Fsp3) is 0.875. The Bertz CT molecular complexity index is 125. The number of cyclic esters (lactones) is 1. The molecule has 1 aliphatic heterocycles. The molecular formula is C8H17NO2. The number of ether oxygens (including phenoxy) is 1. The van der Waals surface area contributed by atoms with Crippen LogP contribution in [0.15, 0.2) is 0 Å². The summed E-state index contributed by atoms with van der Waals surface area (Å²) in [6.07, 6.45) is 0.746. The van der Waals surface area contributed by atoms with E-state index in [1.807, 2.05) is 20.8 Å². The molecule has 0 aromatic rings. The summed E-state index contributed by atoms with van der Waals surface area (Å²) in [7, 11) is 1.76. The van der Waals surface area contributed by atoms with Gasteiger partial charge in [-0.2, -0.15) is 0 Å². The van der Waals surface area contributed by atoms with Gasteiger partial charge in [0.2, 0.25) is 0 Å². The number of carbonyl (C=O) groups is 1. The first kappa shape index (κ1) is 10.3. The lowest BCUT2D eigenvalue weighted by molar-refractivity contribution is 0.0610. The minimum atomic E-state index is -0.200. The van der Waals surface area contributed by atoms with Gasteiger partial charge in [-0.3, -0.25) is 0 Å². The van der Waals surface area contributed by atoms with Gasteiger partial charge in [-0.25, -0.2) is 4.79 Å². The Labute approximate surface area is 68.3 Å². The summed E-state index contributed by atoms with van der Waals surface area (Å²) in [5.74, 6) is 0. The molecule has 0 radical (unpaired) electrons. The molecule has 1 saturated heterocycles. The van der Waals surface area contributed by atoms with Crippen molar-refractivity contribution in [1.82, 2.24) is 4.90 Å². The highest BCUT2D eigenvalue weighted by atomic mass is 16.6. The number of carbonyl (C=O) groups excluding carboxylic acids is 1. The van der Waals surface area contributed by atoms with Crippen molar-refractivity contribution in [3.63, 3.8) is 0 Å². The lowest BCUT2D eigenvalue weighted by Gasteiger charge is -2.28. The quantitative estimate of drug-likeness (QED) is 0.540. The number of hydrogen-bond donors (Lipinski definition) is 0. The molecule has 1 amide bonds. The van der Waals surface area contributed by atoms with E-state index in [4.69, 9.17) is 4.74 Å². The van der Waals surface area contributed by atoms with Gasteiger partial charge in [-0.05, 0) is 6.92 Å². The van der Waals surface area contributed by atoms with E-state index < -0.39 is 0 Å². The number of amides is 1. The lowest BCUT2D eigenvalue weighted by Crippen LogP contribution is -2.40. The molecule has 3 heteroatoms. The Morgan fingerprint density at radius 2 is 2.09 bits per heavy atom. The third-order valence-electron chi connectivity index (χ3n) is 1.71. The molecular weight excluding hydrogens is 142 g/mol. The first-order valence-electron chi connectivity index (χ1n) is 4.11. The molecule has 3 nitrogen and oxygen atoms in total. The second kappa shape index (κ2) is 4.99. The summed E-state index contributed by atoms with van der Waals surface area (Å²) in [4.78, 5) is 12.3. The Balaban J connectivity index is 0.000000461. The van der Waals surface area contributed by atoms with E-state index in [9.17, 15) is 4.79 Å². The molecule has 0 aromatic carbocycles. The van der Waals surface area contributed by atoms with Crippen molar-refractivity contribution in [2.75, 3.05) is 13.7 Å². The maximum atomic E-state index is 10.7. The minimum absolute atomic E-state index is 0.200. The Morgan fingerprint density at radius 3 is 2.45 bits per heavy atom. The second-order valence-electron chi connectivity index (χ2n) is 2.36. The second-order valence-corrected chi connectivity index (χ2v) is 2.36. The van der Waals surface area contributed by atoms with Gasteiger partial charge >= 0.3 is 6.09 Å². The van der Waals surface area contributed by atoms with Gasteiger partial charge in [0, 0.05) is 19.5 Å². The predicted octanol–water partition coefficient (Wildman–Crippen LogP) is 1.87. The average molecular weight is 159 g/mol. The molecule has 1 atom stereocenters. The summed E-state index contributed by atoms with van der Waals surface area (Å²) >= 11 is 0. The van der Waals surface area contributed by atoms with E-state index in [0.29, 0.717) is 12.6 Å². The highest BCUT2D eigenvalue weighted by Gasteiger charge is 2.21. The molecule has 0 N–H and O–H groups in total. The SMILES string of the molecule is CC.C[C@H]1CCOC(=O)N1C. The molecule has 0 aromatic heterocycles. The molecule has 66 valence electrons. The smallest absolute Gasteiger partial charge is 0.409 e. The molecule has 0 spiro atoms. The highest BCUT2D eigenvalue weighted by molar-refractivity contribution is 5.68. The van der Waals surface area contributed by atoms with Crippen molar-refractivity contribution in [3.05, 3.63) is 0 Å². The molecule has 0 unspecified atom stereocenters. The van der Waals surface area contributed by atoms with Crippen molar-refractivity contribution in [3.8, 4) is 0 Å². The van der Waals surface area contributed by atoms with Crippen LogP contribution in [0.1, 0.15) is 27.2 Å². The molecule has 1 heterocycles. The van der Waals surface area contributed by atoms with E-state index in [1.165, 1.54) is 0 Å². The third-order valence-corrected chi connectivity index (χ3v) is 1.71. The van der Waals surface area contributed by atoms with Gasteiger partial charge in [-0.1, -0.05) is 13.8 Å². The van der Waals surface area contributed by atoms with Crippen LogP contribution < -0.4 is 0 Å². The van der Waals surface area contributed by atoms with Crippen LogP contribution in [0.4, 0.5) is 4.79 Å². The highest BCUT2D eigenvalue weighted by Crippen LogP contribution is 2.08. The maximum Gasteiger partial charge on any atom is 0.409 e. The van der Waals surface area contributed by atoms with Crippen LogP contribution in [0.25, 0.3) is 0 Å². The normalized spacial score (nSPS) is 23.5. The zero-order valence-electron chi connectivity index (χ0n) is 7.76. The summed E-state index contributed by atoms with van der Waals surface area (Å²) < 4.78 is 4.75. The average Bonchev–Trinajstić information content (AvgIpc) is 2.04. The van der Waals surface area contributed by atoms with Gasteiger partial charge in [0.25, 0.3) is 0 Å². The first-order valence-corrected chi connectivity index (χ1v) is 4.11. The summed E-state index contributed by atoms with van der Waals surface area (Å²) in [5, 5.41) is 0. The summed E-state index contributed by atoms with van der Waals surface area (Å²) in [5.41, 5.74) is 0. The zero-order valence-corrected chi connectivity index (χ0v) is 7.76. The summed E-state index contributed by atoms with van der Waals surface area (Å²) in [6.45, 7) is 6.59. The monoisotopic (exact) mass is 159 g/mol. The molecule has 0 bridgehead atoms. The predicted molar refractivity (Wildman–Crippen MR) is 44.5 cm³/mol. The van der Waals surface area contributed by atoms with Crippen molar-refractivity contribution in [1.29, 1.82) is 0 Å². The topological polar surface area (TPSA) is 29.5 Å². The van der Waals surface area contributed by atoms with Gasteiger partial charge in [-0.15, -0.1) is 0 Å². The summed E-state index contributed by atoms with van der Waals surface area (Å²) in [6, 6.07) is 0.339. The fourth-order valence-electron chi connectivity index (χ4n) is 0.792. The van der Waals surface area contributed by atoms with Crippen LogP contribution in [-0.4, -0.2) is 30.7 Å². The van der Waals surface area contributed by atoms with Crippen LogP contribution in [0.2, 0.25) is 0 Å². The van der Waals surface area contributed by atoms with Gasteiger partial charge in [0.1, 0.15) is 0 Å². The Kier molecular flexibility index (Phi) is 4.66. The van der Waals surface area contributed by atoms with Crippen molar-refractivity contribution in [2.45, 2.75) is 33.2 Å². The van der Waals surface area contributed by atoms with Crippen LogP contribution in [-0.2, 0) is 4.74 Å². The van der Waals surface area contributed by atoms with Crippen LogP contribution >= 0.6 is 0 Å². The number of nitrogens with zero attached hydrogens (tertiary/aromatic N) is 1. The van der Waals surface area contributed by atoms with Crippen LogP contribution in [0, 0.1) is 0 Å². The fourth-order valence-corrected chi connectivity index (χ4v) is 0.792. The zero-order chi connectivity index (χ0) is 8.85. The first-order chi connectivity index (χ1) is 5.22. The van der Waals surface area contributed by atoms with E-state index >= 15 is 0 Å². The minimum Gasteiger partial charge on any atom is -0.449 e. The molecule has 1 fully saturated rings. The molecule has 1 rings (SSSR count). The van der Waals surface area contributed by atoms with Gasteiger partial charge < -0.3 is 9.64 Å². The van der Waals surface area contributed by atoms with E-state index in [1.54, 1.807) is 11.9 Å². The Morgan fingerprint density at radius 1 is 1.55 bits per heavy atom. The molecule has 1 aliphatic rings. The van der Waals surface area contributed by atoms with E-state index in [-0.39, 0.29) is 6.09 Å². The maximum absolute atomic E-state index is 10.7. The molecule has 11 heavy (non-hydrogen) atoms. The standard InChI is InChI=1S/C6H11NO2.C2H6/c1-5-3-4-9-6(8)7(5)2;1-2/h5H,3-4H2,1-2H3;1-2H3/t5-;/m0./s1. The van der Waals surface area contributed by atoms with Crippen molar-refractivity contribution < 1.29 is 9.53 Å². The van der Waals surface area contributed by atoms with E-state index in [0.717, 1.165) is 6.42 Å². The van der Waals surface area contributed by atoms with Crippen LogP contribution in [0.5, 0.6) is 0 Å². The Hall–Kier alpha value is -0.730. The van der Waals surface area contributed by atoms with Crippen molar-refractivity contribution >= 4 is 6.09 Å². The van der Waals surface area contributed by atoms with Gasteiger partial charge in [0.15, 0.2) is 0 Å².